The Balaban J connectivity index is 1.94. The number of rotatable bonds is 8. The van der Waals surface area contributed by atoms with E-state index in [2.05, 4.69) is 6.58 Å². The first-order valence-electron chi connectivity index (χ1n) is 9.52. The highest BCUT2D eigenvalue weighted by atomic mass is 35.5. The number of benzene rings is 2. The summed E-state index contributed by atoms with van der Waals surface area (Å²) in [4.78, 5) is 26.9. The molecular formula is C23H21Cl2NO4S. The molecule has 0 aliphatic carbocycles. The number of amides is 2. The summed E-state index contributed by atoms with van der Waals surface area (Å²) in [6, 6.07) is 8.73. The molecule has 0 saturated carbocycles. The Hall–Kier alpha value is -2.41. The summed E-state index contributed by atoms with van der Waals surface area (Å²) in [6.45, 7) is 6.13. The molecule has 8 heteroatoms. The molecule has 0 unspecified atom stereocenters. The zero-order valence-electron chi connectivity index (χ0n) is 17.1. The van der Waals surface area contributed by atoms with Crippen LogP contribution in [0.1, 0.15) is 23.6 Å². The molecular weight excluding hydrogens is 457 g/mol. The Morgan fingerprint density at radius 3 is 2.52 bits per heavy atom. The van der Waals surface area contributed by atoms with Crippen molar-refractivity contribution < 1.29 is 19.1 Å². The van der Waals surface area contributed by atoms with E-state index in [1.165, 1.54) is 0 Å². The molecule has 0 radical (unpaired) electrons. The molecule has 0 aromatic heterocycles. The molecule has 1 aliphatic heterocycles. The monoisotopic (exact) mass is 477 g/mol. The number of methoxy groups -OCH3 is 1. The lowest BCUT2D eigenvalue weighted by Crippen LogP contribution is -2.27. The van der Waals surface area contributed by atoms with Crippen molar-refractivity contribution in [3.63, 3.8) is 0 Å². The van der Waals surface area contributed by atoms with Gasteiger partial charge in [0.05, 0.1) is 25.2 Å². The summed E-state index contributed by atoms with van der Waals surface area (Å²) >= 11 is 13.3. The molecule has 2 amide bonds. The summed E-state index contributed by atoms with van der Waals surface area (Å²) in [5, 5.41) is 0.430. The molecule has 31 heavy (non-hydrogen) atoms. The van der Waals surface area contributed by atoms with E-state index in [4.69, 9.17) is 32.7 Å². The van der Waals surface area contributed by atoms with Crippen molar-refractivity contribution in [1.29, 1.82) is 0 Å². The third kappa shape index (κ3) is 5.09. The van der Waals surface area contributed by atoms with Crippen LogP contribution in [0.2, 0.25) is 10.0 Å². The number of nitrogens with zero attached hydrogens (tertiary/aromatic N) is 1. The van der Waals surface area contributed by atoms with E-state index >= 15 is 0 Å². The van der Waals surface area contributed by atoms with Gasteiger partial charge in [0, 0.05) is 21.2 Å². The Morgan fingerprint density at radius 2 is 1.90 bits per heavy atom. The summed E-state index contributed by atoms with van der Waals surface area (Å²) in [7, 11) is 1.58. The first-order valence-corrected chi connectivity index (χ1v) is 11.1. The molecule has 1 fully saturated rings. The number of hydrogen-bond acceptors (Lipinski definition) is 5. The van der Waals surface area contributed by atoms with Crippen LogP contribution in [0.15, 0.2) is 47.9 Å². The van der Waals surface area contributed by atoms with Gasteiger partial charge in [-0.25, -0.2) is 0 Å². The number of carbonyl (C=O) groups excluding carboxylic acids is 2. The predicted molar refractivity (Wildman–Crippen MR) is 126 cm³/mol. The van der Waals surface area contributed by atoms with E-state index in [1.54, 1.807) is 43.5 Å². The molecule has 1 saturated heterocycles. The van der Waals surface area contributed by atoms with Gasteiger partial charge in [-0.15, -0.1) is 6.58 Å². The van der Waals surface area contributed by atoms with E-state index in [9.17, 15) is 9.59 Å². The molecule has 1 heterocycles. The highest BCUT2D eigenvalue weighted by Gasteiger charge is 2.35. The Kier molecular flexibility index (Phi) is 7.70. The number of halogens is 2. The van der Waals surface area contributed by atoms with Crippen LogP contribution in [0.5, 0.6) is 11.5 Å². The van der Waals surface area contributed by atoms with Gasteiger partial charge >= 0.3 is 0 Å². The lowest BCUT2D eigenvalue weighted by Gasteiger charge is -2.15. The van der Waals surface area contributed by atoms with Crippen molar-refractivity contribution in [3.8, 4) is 11.5 Å². The average Bonchev–Trinajstić information content (AvgIpc) is 2.98. The van der Waals surface area contributed by atoms with Crippen LogP contribution in [0.4, 0.5) is 4.79 Å². The van der Waals surface area contributed by atoms with Gasteiger partial charge < -0.3 is 9.47 Å². The predicted octanol–water partition coefficient (Wildman–Crippen LogP) is 6.37. The largest absolute Gasteiger partial charge is 0.493 e. The fourth-order valence-electron chi connectivity index (χ4n) is 3.20. The quantitative estimate of drug-likeness (QED) is 0.326. The average molecular weight is 478 g/mol. The van der Waals surface area contributed by atoms with Crippen LogP contribution in [0.25, 0.3) is 6.08 Å². The Bertz CT molecular complexity index is 1050. The van der Waals surface area contributed by atoms with E-state index in [0.717, 1.165) is 27.8 Å². The molecule has 2 aromatic rings. The van der Waals surface area contributed by atoms with Crippen molar-refractivity contribution in [1.82, 2.24) is 4.90 Å². The van der Waals surface area contributed by atoms with Crippen molar-refractivity contribution in [2.45, 2.75) is 19.9 Å². The van der Waals surface area contributed by atoms with Crippen LogP contribution >= 0.6 is 35.0 Å². The minimum atomic E-state index is -0.398. The lowest BCUT2D eigenvalue weighted by molar-refractivity contribution is -0.123. The van der Waals surface area contributed by atoms with Crippen LogP contribution < -0.4 is 9.47 Å². The van der Waals surface area contributed by atoms with Crippen molar-refractivity contribution >= 4 is 52.2 Å². The minimum absolute atomic E-state index is 0.00896. The standard InChI is InChI=1S/C23H21Cl2NO4S/c1-4-7-15-10-14(11-19(30-5-2)21(15)29-3)12-20-22(27)26(23(28)31-20)13-16-17(24)8-6-9-18(16)25/h4,6,8-12H,1,5,7,13H2,2-3H3. The molecule has 1 aliphatic rings. The molecule has 2 aromatic carbocycles. The number of thioether (sulfide) groups is 1. The number of hydrogen-bond donors (Lipinski definition) is 0. The number of imide groups is 1. The number of carbonyl (C=O) groups is 2. The summed E-state index contributed by atoms with van der Waals surface area (Å²) in [5.74, 6) is 0.795. The molecule has 162 valence electrons. The van der Waals surface area contributed by atoms with Crippen molar-refractivity contribution in [3.05, 3.63) is 74.6 Å². The molecule has 0 atom stereocenters. The van der Waals surface area contributed by atoms with Crippen molar-refractivity contribution in [2.75, 3.05) is 13.7 Å². The lowest BCUT2D eigenvalue weighted by atomic mass is 10.0. The maximum atomic E-state index is 12.9. The second-order valence-corrected chi connectivity index (χ2v) is 8.41. The molecule has 3 rings (SSSR count). The second-order valence-electron chi connectivity index (χ2n) is 6.61. The van der Waals surface area contributed by atoms with Gasteiger partial charge in [0.1, 0.15) is 0 Å². The fourth-order valence-corrected chi connectivity index (χ4v) is 4.55. The van der Waals surface area contributed by atoms with Gasteiger partial charge in [-0.1, -0.05) is 35.3 Å². The van der Waals surface area contributed by atoms with E-state index < -0.39 is 5.91 Å². The maximum Gasteiger partial charge on any atom is 0.293 e. The van der Waals surface area contributed by atoms with E-state index in [1.807, 2.05) is 13.0 Å². The van der Waals surface area contributed by atoms with Gasteiger partial charge in [0.25, 0.3) is 11.1 Å². The maximum absolute atomic E-state index is 12.9. The zero-order valence-corrected chi connectivity index (χ0v) is 19.4. The van der Waals surface area contributed by atoms with Crippen LogP contribution in [-0.2, 0) is 17.8 Å². The fraction of sp³-hybridized carbons (Fsp3) is 0.217. The third-order valence-corrected chi connectivity index (χ3v) is 6.19. The molecule has 0 bridgehead atoms. The highest BCUT2D eigenvalue weighted by molar-refractivity contribution is 8.18. The summed E-state index contributed by atoms with van der Waals surface area (Å²) in [5.41, 5.74) is 2.13. The highest BCUT2D eigenvalue weighted by Crippen LogP contribution is 2.38. The van der Waals surface area contributed by atoms with Gasteiger partial charge in [-0.05, 0) is 61.0 Å². The first kappa shape index (κ1) is 23.3. The molecule has 0 spiro atoms. The smallest absolute Gasteiger partial charge is 0.293 e. The first-order chi connectivity index (χ1) is 14.9. The third-order valence-electron chi connectivity index (χ3n) is 4.57. The Morgan fingerprint density at radius 1 is 1.19 bits per heavy atom. The van der Waals surface area contributed by atoms with Gasteiger partial charge in [0.15, 0.2) is 11.5 Å². The van der Waals surface area contributed by atoms with Crippen LogP contribution in [-0.4, -0.2) is 29.8 Å². The minimum Gasteiger partial charge on any atom is -0.493 e. The van der Waals surface area contributed by atoms with Gasteiger partial charge in [-0.2, -0.15) is 0 Å². The SMILES string of the molecule is C=CCc1cc(C=C2SC(=O)N(Cc3c(Cl)cccc3Cl)C2=O)cc(OCC)c1OC. The van der Waals surface area contributed by atoms with Gasteiger partial charge in [-0.3, -0.25) is 14.5 Å². The molecule has 0 N–H and O–H groups in total. The topological polar surface area (TPSA) is 55.8 Å². The molecule has 5 nitrogen and oxygen atoms in total. The van der Waals surface area contributed by atoms with E-state index in [0.29, 0.717) is 45.0 Å². The summed E-state index contributed by atoms with van der Waals surface area (Å²) < 4.78 is 11.2. The van der Waals surface area contributed by atoms with Crippen LogP contribution in [0, 0.1) is 0 Å². The van der Waals surface area contributed by atoms with E-state index in [-0.39, 0.29) is 11.8 Å². The van der Waals surface area contributed by atoms with Crippen LogP contribution in [0.3, 0.4) is 0 Å². The zero-order chi connectivity index (χ0) is 22.5. The Labute approximate surface area is 195 Å². The normalized spacial score (nSPS) is 15.0. The number of ether oxygens (including phenoxy) is 2. The number of allylic oxidation sites excluding steroid dienone is 1. The van der Waals surface area contributed by atoms with Crippen molar-refractivity contribution in [2.24, 2.45) is 0 Å². The second kappa shape index (κ2) is 10.3. The van der Waals surface area contributed by atoms with Gasteiger partial charge in [0.2, 0.25) is 0 Å². The summed E-state index contributed by atoms with van der Waals surface area (Å²) in [6.07, 6.45) is 4.00.